The van der Waals surface area contributed by atoms with Gasteiger partial charge in [0.05, 0.1) is 0 Å². The molecular weight excluding hydrogens is 256 g/mol. The summed E-state index contributed by atoms with van der Waals surface area (Å²) in [6.45, 7) is 6.53. The highest BCUT2D eigenvalue weighted by atomic mass is 32.2. The predicted octanol–water partition coefficient (Wildman–Crippen LogP) is 2.19. The van der Waals surface area contributed by atoms with Crippen molar-refractivity contribution in [1.29, 1.82) is 5.26 Å². The number of nitrogens with one attached hydrogen (secondary N) is 1. The Bertz CT molecular complexity index is 512. The number of rotatable bonds is 5. The van der Waals surface area contributed by atoms with E-state index in [1.54, 1.807) is 0 Å². The van der Waals surface area contributed by atoms with Crippen molar-refractivity contribution in [2.75, 3.05) is 6.54 Å². The minimum Gasteiger partial charge on any atom is -0.210 e. The third-order valence-electron chi connectivity index (χ3n) is 2.69. The highest BCUT2D eigenvalue weighted by molar-refractivity contribution is 7.91. The molecule has 0 aliphatic heterocycles. The molecule has 1 atom stereocenters. The highest BCUT2D eigenvalue weighted by Crippen LogP contribution is 2.21. The molecule has 1 N–H and O–H groups in total. The summed E-state index contributed by atoms with van der Waals surface area (Å²) in [5, 5.41) is 8.65. The molecule has 0 saturated carbocycles. The van der Waals surface area contributed by atoms with Crippen LogP contribution in [0.25, 0.3) is 0 Å². The second-order valence-electron chi connectivity index (χ2n) is 4.30. The molecule has 0 aliphatic rings. The van der Waals surface area contributed by atoms with Crippen LogP contribution in [-0.4, -0.2) is 15.0 Å². The molecule has 0 saturated heterocycles. The summed E-state index contributed by atoms with van der Waals surface area (Å²) in [4.78, 5) is 0.405. The maximum Gasteiger partial charge on any atom is 0.250 e. The Labute approximate surface area is 106 Å². The Kier molecular flexibility index (Phi) is 4.69. The monoisotopic (exact) mass is 272 g/mol. The molecule has 4 nitrogen and oxygen atoms in total. The molecule has 1 unspecified atom stereocenters. The van der Waals surface area contributed by atoms with Gasteiger partial charge in [0.2, 0.25) is 10.0 Å². The lowest BCUT2D eigenvalue weighted by Crippen LogP contribution is -2.29. The fourth-order valence-corrected chi connectivity index (χ4v) is 3.36. The maximum atomic E-state index is 11.9. The van der Waals surface area contributed by atoms with Crippen molar-refractivity contribution >= 4 is 21.4 Å². The lowest BCUT2D eigenvalue weighted by Gasteiger charge is -2.15. The Balaban J connectivity index is 2.73. The average molecular weight is 272 g/mol. The van der Waals surface area contributed by atoms with Crippen molar-refractivity contribution < 1.29 is 8.42 Å². The molecular formula is C11H16N2O2S2. The first-order valence-corrected chi connectivity index (χ1v) is 7.66. The van der Waals surface area contributed by atoms with Gasteiger partial charge < -0.3 is 0 Å². The fraction of sp³-hybridized carbons (Fsp3) is 0.545. The van der Waals surface area contributed by atoms with E-state index in [-0.39, 0.29) is 10.1 Å². The Morgan fingerprint density at radius 2 is 2.06 bits per heavy atom. The Morgan fingerprint density at radius 1 is 1.41 bits per heavy atom. The molecule has 0 radical (unpaired) electrons. The minimum absolute atomic E-state index is 0.199. The SMILES string of the molecule is CC(C)C(C)CNS(=O)(=O)c1ccc(C#N)s1. The van der Waals surface area contributed by atoms with Crippen molar-refractivity contribution in [3.8, 4) is 6.07 Å². The summed E-state index contributed by atoms with van der Waals surface area (Å²) in [5.41, 5.74) is 0. The van der Waals surface area contributed by atoms with Gasteiger partial charge in [-0.1, -0.05) is 20.8 Å². The van der Waals surface area contributed by atoms with Crippen LogP contribution in [0.2, 0.25) is 0 Å². The quantitative estimate of drug-likeness (QED) is 0.893. The van der Waals surface area contributed by atoms with Gasteiger partial charge in [0, 0.05) is 6.54 Å². The van der Waals surface area contributed by atoms with E-state index in [0.29, 0.717) is 17.3 Å². The second-order valence-corrected chi connectivity index (χ2v) is 7.38. The van der Waals surface area contributed by atoms with E-state index in [0.717, 1.165) is 11.3 Å². The molecule has 6 heteroatoms. The van der Waals surface area contributed by atoms with Crippen molar-refractivity contribution in [3.63, 3.8) is 0 Å². The smallest absolute Gasteiger partial charge is 0.210 e. The lowest BCUT2D eigenvalue weighted by molar-refractivity contribution is 0.415. The Hall–Kier alpha value is -0.900. The van der Waals surface area contributed by atoms with Crippen LogP contribution in [0.4, 0.5) is 0 Å². The van der Waals surface area contributed by atoms with Crippen LogP contribution in [0.3, 0.4) is 0 Å². The molecule has 0 aromatic carbocycles. The van der Waals surface area contributed by atoms with Gasteiger partial charge in [-0.05, 0) is 24.0 Å². The molecule has 0 amide bonds. The second kappa shape index (κ2) is 5.63. The number of thiophene rings is 1. The van der Waals surface area contributed by atoms with E-state index in [1.165, 1.54) is 12.1 Å². The number of nitriles is 1. The molecule has 0 bridgehead atoms. The number of nitrogens with zero attached hydrogens (tertiary/aromatic N) is 1. The Morgan fingerprint density at radius 3 is 2.53 bits per heavy atom. The van der Waals surface area contributed by atoms with Crippen LogP contribution in [0, 0.1) is 23.2 Å². The summed E-state index contributed by atoms with van der Waals surface area (Å²) < 4.78 is 26.5. The lowest BCUT2D eigenvalue weighted by atomic mass is 9.99. The van der Waals surface area contributed by atoms with Crippen molar-refractivity contribution in [2.45, 2.75) is 25.0 Å². The van der Waals surface area contributed by atoms with Crippen LogP contribution < -0.4 is 4.72 Å². The summed E-state index contributed by atoms with van der Waals surface area (Å²) in [7, 11) is -3.46. The molecule has 0 fully saturated rings. The summed E-state index contributed by atoms with van der Waals surface area (Å²) in [5.74, 6) is 0.705. The molecule has 1 heterocycles. The van der Waals surface area contributed by atoms with E-state index in [1.807, 2.05) is 13.0 Å². The van der Waals surface area contributed by atoms with Gasteiger partial charge in [0.1, 0.15) is 15.2 Å². The van der Waals surface area contributed by atoms with Crippen molar-refractivity contribution in [2.24, 2.45) is 11.8 Å². The van der Waals surface area contributed by atoms with Crippen LogP contribution in [-0.2, 0) is 10.0 Å². The zero-order valence-electron chi connectivity index (χ0n) is 10.1. The first-order valence-electron chi connectivity index (χ1n) is 5.36. The van der Waals surface area contributed by atoms with E-state index < -0.39 is 10.0 Å². The van der Waals surface area contributed by atoms with Gasteiger partial charge in [0.25, 0.3) is 0 Å². The van der Waals surface area contributed by atoms with E-state index in [9.17, 15) is 8.42 Å². The summed E-state index contributed by atoms with van der Waals surface area (Å²) >= 11 is 0.988. The van der Waals surface area contributed by atoms with Crippen LogP contribution in [0.15, 0.2) is 16.3 Å². The van der Waals surface area contributed by atoms with Crippen molar-refractivity contribution in [3.05, 3.63) is 17.0 Å². The van der Waals surface area contributed by atoms with Gasteiger partial charge in [-0.15, -0.1) is 11.3 Å². The molecule has 0 spiro atoms. The molecule has 1 aromatic heterocycles. The van der Waals surface area contributed by atoms with Crippen LogP contribution in [0.5, 0.6) is 0 Å². The zero-order valence-corrected chi connectivity index (χ0v) is 11.7. The van der Waals surface area contributed by atoms with E-state index >= 15 is 0 Å². The standard InChI is InChI=1S/C11H16N2O2S2/c1-8(2)9(3)7-13-17(14,15)11-5-4-10(6-12)16-11/h4-5,8-9,13H,7H2,1-3H3. The molecule has 94 valence electrons. The molecule has 1 rings (SSSR count). The zero-order chi connectivity index (χ0) is 13.1. The average Bonchev–Trinajstić information content (AvgIpc) is 2.75. The third kappa shape index (κ3) is 3.80. The van der Waals surface area contributed by atoms with Crippen LogP contribution in [0.1, 0.15) is 25.6 Å². The maximum absolute atomic E-state index is 11.9. The van der Waals surface area contributed by atoms with Gasteiger partial charge in [0.15, 0.2) is 0 Å². The fourth-order valence-electron chi connectivity index (χ4n) is 1.07. The number of sulfonamides is 1. The molecule has 1 aromatic rings. The minimum atomic E-state index is -3.46. The van der Waals surface area contributed by atoms with Gasteiger partial charge in [-0.25, -0.2) is 13.1 Å². The first-order chi connectivity index (χ1) is 7.86. The summed E-state index contributed by atoms with van der Waals surface area (Å²) in [6.07, 6.45) is 0. The van der Waals surface area contributed by atoms with E-state index in [4.69, 9.17) is 5.26 Å². The third-order valence-corrected chi connectivity index (χ3v) is 5.60. The predicted molar refractivity (Wildman–Crippen MR) is 68.2 cm³/mol. The molecule has 0 aliphatic carbocycles. The topological polar surface area (TPSA) is 70.0 Å². The molecule has 17 heavy (non-hydrogen) atoms. The van der Waals surface area contributed by atoms with Gasteiger partial charge >= 0.3 is 0 Å². The van der Waals surface area contributed by atoms with Gasteiger partial charge in [-0.2, -0.15) is 5.26 Å². The highest BCUT2D eigenvalue weighted by Gasteiger charge is 2.18. The van der Waals surface area contributed by atoms with Crippen LogP contribution >= 0.6 is 11.3 Å². The normalized spacial score (nSPS) is 13.6. The van der Waals surface area contributed by atoms with E-state index in [2.05, 4.69) is 18.6 Å². The largest absolute Gasteiger partial charge is 0.250 e. The number of hydrogen-bond donors (Lipinski definition) is 1. The first kappa shape index (κ1) is 14.2. The number of hydrogen-bond acceptors (Lipinski definition) is 4. The summed E-state index contributed by atoms with van der Waals surface area (Å²) in [6, 6.07) is 4.91. The van der Waals surface area contributed by atoms with Gasteiger partial charge in [-0.3, -0.25) is 0 Å². The van der Waals surface area contributed by atoms with Crippen molar-refractivity contribution in [1.82, 2.24) is 4.72 Å².